The number of para-hydroxylation sites is 2. The van der Waals surface area contributed by atoms with Crippen molar-refractivity contribution in [1.82, 2.24) is 4.57 Å². The van der Waals surface area contributed by atoms with Crippen molar-refractivity contribution in [2.45, 2.75) is 63.8 Å². The standard InChI is InChI=1S/C22H27N/c1-2-4-6-12-18(13-7-5-3-1)23-21-16-10-8-14-19(21)20-15-9-11-17-22(20)23/h8-11,14-18H,1-7,12-13H2. The van der Waals surface area contributed by atoms with Crippen LogP contribution in [0.5, 0.6) is 0 Å². The molecule has 0 aliphatic heterocycles. The summed E-state index contributed by atoms with van der Waals surface area (Å²) in [6.45, 7) is 0. The molecule has 2 aromatic carbocycles. The second-order valence-corrected chi connectivity index (χ2v) is 7.11. The van der Waals surface area contributed by atoms with E-state index < -0.39 is 0 Å². The van der Waals surface area contributed by atoms with Crippen LogP contribution in [0.1, 0.15) is 63.8 Å². The first-order chi connectivity index (χ1) is 11.4. The van der Waals surface area contributed by atoms with E-state index in [0.29, 0.717) is 6.04 Å². The number of aromatic nitrogens is 1. The zero-order chi connectivity index (χ0) is 15.5. The van der Waals surface area contributed by atoms with Gasteiger partial charge in [-0.3, -0.25) is 0 Å². The van der Waals surface area contributed by atoms with Gasteiger partial charge in [0.25, 0.3) is 0 Å². The van der Waals surface area contributed by atoms with Gasteiger partial charge in [0, 0.05) is 27.8 Å². The average molecular weight is 305 g/mol. The van der Waals surface area contributed by atoms with E-state index in [4.69, 9.17) is 0 Å². The minimum atomic E-state index is 0.665. The monoisotopic (exact) mass is 305 g/mol. The molecular formula is C22H27N. The zero-order valence-electron chi connectivity index (χ0n) is 14.0. The fraction of sp³-hybridized carbons (Fsp3) is 0.455. The molecule has 1 aliphatic carbocycles. The molecule has 120 valence electrons. The van der Waals surface area contributed by atoms with Crippen molar-refractivity contribution < 1.29 is 0 Å². The summed E-state index contributed by atoms with van der Waals surface area (Å²) in [6.07, 6.45) is 12.6. The van der Waals surface area contributed by atoms with Crippen LogP contribution in [-0.4, -0.2) is 4.57 Å². The lowest BCUT2D eigenvalue weighted by molar-refractivity contribution is 0.396. The summed E-state index contributed by atoms with van der Waals surface area (Å²) < 4.78 is 2.66. The lowest BCUT2D eigenvalue weighted by Gasteiger charge is -2.22. The predicted molar refractivity (Wildman–Crippen MR) is 100 cm³/mol. The van der Waals surface area contributed by atoms with Crippen molar-refractivity contribution in [1.29, 1.82) is 0 Å². The number of hydrogen-bond donors (Lipinski definition) is 0. The third kappa shape index (κ3) is 2.89. The Kier molecular flexibility index (Phi) is 4.37. The molecule has 0 unspecified atom stereocenters. The highest BCUT2D eigenvalue weighted by Crippen LogP contribution is 2.35. The highest BCUT2D eigenvalue weighted by Gasteiger charge is 2.18. The second-order valence-electron chi connectivity index (χ2n) is 7.11. The van der Waals surface area contributed by atoms with Crippen molar-refractivity contribution in [3.8, 4) is 0 Å². The van der Waals surface area contributed by atoms with Crippen molar-refractivity contribution in [2.75, 3.05) is 0 Å². The van der Waals surface area contributed by atoms with Gasteiger partial charge in [-0.1, -0.05) is 81.3 Å². The highest BCUT2D eigenvalue weighted by molar-refractivity contribution is 6.08. The second kappa shape index (κ2) is 6.78. The molecule has 0 bridgehead atoms. The molecule has 0 N–H and O–H groups in total. The molecule has 3 aromatic rings. The summed E-state index contributed by atoms with van der Waals surface area (Å²) in [7, 11) is 0. The van der Waals surface area contributed by atoms with Crippen molar-refractivity contribution >= 4 is 21.8 Å². The van der Waals surface area contributed by atoms with Crippen LogP contribution >= 0.6 is 0 Å². The molecule has 0 amide bonds. The number of fused-ring (bicyclic) bond motifs is 3. The lowest BCUT2D eigenvalue weighted by Crippen LogP contribution is -2.10. The van der Waals surface area contributed by atoms with Gasteiger partial charge in [0.2, 0.25) is 0 Å². The Hall–Kier alpha value is -1.76. The van der Waals surface area contributed by atoms with Gasteiger partial charge in [-0.15, -0.1) is 0 Å². The summed E-state index contributed by atoms with van der Waals surface area (Å²) in [5.41, 5.74) is 2.85. The Morgan fingerprint density at radius 2 is 1.00 bits per heavy atom. The molecule has 0 atom stereocenters. The molecule has 1 saturated carbocycles. The molecule has 1 aliphatic rings. The molecule has 1 aromatic heterocycles. The lowest BCUT2D eigenvalue weighted by atomic mass is 9.97. The van der Waals surface area contributed by atoms with Gasteiger partial charge >= 0.3 is 0 Å². The summed E-state index contributed by atoms with van der Waals surface area (Å²) in [5, 5.41) is 2.83. The molecule has 0 spiro atoms. The van der Waals surface area contributed by atoms with Crippen LogP contribution in [0.4, 0.5) is 0 Å². The summed E-state index contributed by atoms with van der Waals surface area (Å²) in [5.74, 6) is 0. The van der Waals surface area contributed by atoms with E-state index in [9.17, 15) is 0 Å². The quantitative estimate of drug-likeness (QED) is 0.463. The highest BCUT2D eigenvalue weighted by atomic mass is 15.0. The number of nitrogens with zero attached hydrogens (tertiary/aromatic N) is 1. The van der Waals surface area contributed by atoms with Gasteiger partial charge in [-0.25, -0.2) is 0 Å². The predicted octanol–water partition coefficient (Wildman–Crippen LogP) is 6.86. The smallest absolute Gasteiger partial charge is 0.0493 e. The van der Waals surface area contributed by atoms with Gasteiger partial charge in [0.15, 0.2) is 0 Å². The zero-order valence-corrected chi connectivity index (χ0v) is 14.0. The Morgan fingerprint density at radius 3 is 1.52 bits per heavy atom. The third-order valence-electron chi connectivity index (χ3n) is 5.56. The Morgan fingerprint density at radius 1 is 0.565 bits per heavy atom. The van der Waals surface area contributed by atoms with E-state index in [2.05, 4.69) is 53.1 Å². The molecule has 1 nitrogen and oxygen atoms in total. The molecule has 1 heteroatoms. The van der Waals surface area contributed by atoms with E-state index in [-0.39, 0.29) is 0 Å². The van der Waals surface area contributed by atoms with E-state index in [1.807, 2.05) is 0 Å². The maximum Gasteiger partial charge on any atom is 0.0493 e. The van der Waals surface area contributed by atoms with Crippen LogP contribution in [0, 0.1) is 0 Å². The first kappa shape index (κ1) is 14.8. The van der Waals surface area contributed by atoms with Crippen LogP contribution in [0.15, 0.2) is 48.5 Å². The summed E-state index contributed by atoms with van der Waals surface area (Å²) in [4.78, 5) is 0. The molecule has 0 radical (unpaired) electrons. The first-order valence-corrected chi connectivity index (χ1v) is 9.43. The topological polar surface area (TPSA) is 4.93 Å². The van der Waals surface area contributed by atoms with Crippen LogP contribution in [0.25, 0.3) is 21.8 Å². The van der Waals surface area contributed by atoms with E-state index in [1.54, 1.807) is 0 Å². The molecule has 23 heavy (non-hydrogen) atoms. The number of rotatable bonds is 1. The molecule has 0 saturated heterocycles. The van der Waals surface area contributed by atoms with Crippen LogP contribution in [0.3, 0.4) is 0 Å². The Bertz CT molecular complexity index is 720. The van der Waals surface area contributed by atoms with Gasteiger partial charge in [0.05, 0.1) is 0 Å². The van der Waals surface area contributed by atoms with E-state index in [0.717, 1.165) is 0 Å². The molecule has 1 heterocycles. The van der Waals surface area contributed by atoms with Crippen molar-refractivity contribution in [3.63, 3.8) is 0 Å². The maximum absolute atomic E-state index is 2.66. The minimum Gasteiger partial charge on any atom is -0.337 e. The fourth-order valence-electron chi connectivity index (χ4n) is 4.39. The number of hydrogen-bond acceptors (Lipinski definition) is 0. The maximum atomic E-state index is 2.66. The average Bonchev–Trinajstić information content (AvgIpc) is 2.94. The Balaban J connectivity index is 1.81. The van der Waals surface area contributed by atoms with Gasteiger partial charge in [-0.2, -0.15) is 0 Å². The van der Waals surface area contributed by atoms with Crippen LogP contribution in [-0.2, 0) is 0 Å². The first-order valence-electron chi connectivity index (χ1n) is 9.43. The molecule has 4 rings (SSSR count). The van der Waals surface area contributed by atoms with Gasteiger partial charge < -0.3 is 4.57 Å². The molecular weight excluding hydrogens is 278 g/mol. The minimum absolute atomic E-state index is 0.665. The third-order valence-corrected chi connectivity index (χ3v) is 5.56. The number of benzene rings is 2. The fourth-order valence-corrected chi connectivity index (χ4v) is 4.39. The molecule has 1 fully saturated rings. The summed E-state index contributed by atoms with van der Waals surface area (Å²) in [6, 6.07) is 18.6. The van der Waals surface area contributed by atoms with E-state index in [1.165, 1.54) is 79.6 Å². The van der Waals surface area contributed by atoms with Crippen molar-refractivity contribution in [2.24, 2.45) is 0 Å². The largest absolute Gasteiger partial charge is 0.337 e. The van der Waals surface area contributed by atoms with Gasteiger partial charge in [-0.05, 0) is 25.0 Å². The SMILES string of the molecule is c1ccc2c(c1)c1ccccc1n2C1CCCCCCCCC1. The summed E-state index contributed by atoms with van der Waals surface area (Å²) >= 11 is 0. The van der Waals surface area contributed by atoms with Crippen molar-refractivity contribution in [3.05, 3.63) is 48.5 Å². The van der Waals surface area contributed by atoms with Crippen LogP contribution in [0.2, 0.25) is 0 Å². The van der Waals surface area contributed by atoms with E-state index >= 15 is 0 Å². The Labute approximate surface area is 139 Å². The van der Waals surface area contributed by atoms with Gasteiger partial charge in [0.1, 0.15) is 0 Å². The van der Waals surface area contributed by atoms with Crippen LogP contribution < -0.4 is 0 Å². The normalized spacial score (nSPS) is 18.4.